The quantitative estimate of drug-likeness (QED) is 0.612. The molecule has 2 rings (SSSR count). The molecule has 1 amide bonds. The van der Waals surface area contributed by atoms with E-state index in [4.69, 9.17) is 4.74 Å². The maximum absolute atomic E-state index is 12.6. The molecular formula is C19H26BrNO2. The van der Waals surface area contributed by atoms with Gasteiger partial charge in [0.2, 0.25) is 0 Å². The number of carbonyl (C=O) groups is 1. The van der Waals surface area contributed by atoms with Gasteiger partial charge in [-0.2, -0.15) is 0 Å². The summed E-state index contributed by atoms with van der Waals surface area (Å²) >= 11 is 3.44. The van der Waals surface area contributed by atoms with E-state index in [9.17, 15) is 4.79 Å². The molecule has 1 aliphatic heterocycles. The first-order valence-corrected chi connectivity index (χ1v) is 8.94. The highest BCUT2D eigenvalue weighted by Crippen LogP contribution is 2.38. The van der Waals surface area contributed by atoms with Gasteiger partial charge in [0, 0.05) is 23.9 Å². The number of hydrogen-bond acceptors (Lipinski definition) is 2. The van der Waals surface area contributed by atoms with Crippen LogP contribution in [0.25, 0.3) is 0 Å². The molecule has 0 N–H and O–H groups in total. The van der Waals surface area contributed by atoms with Crippen LogP contribution in [0.15, 0.2) is 40.9 Å². The smallest absolute Gasteiger partial charge is 0.410 e. The predicted molar refractivity (Wildman–Crippen MR) is 97.4 cm³/mol. The lowest BCUT2D eigenvalue weighted by molar-refractivity contribution is -0.0819. The Kier molecular flexibility index (Phi) is 5.56. The Bertz CT molecular complexity index is 582. The lowest BCUT2D eigenvalue weighted by Gasteiger charge is -2.45. The zero-order valence-electron chi connectivity index (χ0n) is 14.4. The van der Waals surface area contributed by atoms with Crippen LogP contribution < -0.4 is 0 Å². The third-order valence-electron chi connectivity index (χ3n) is 4.77. The van der Waals surface area contributed by atoms with Gasteiger partial charge in [-0.15, -0.1) is 0 Å². The zero-order chi connectivity index (χ0) is 17.2. The molecule has 1 saturated heterocycles. The van der Waals surface area contributed by atoms with Gasteiger partial charge in [-0.1, -0.05) is 54.1 Å². The largest absolute Gasteiger partial charge is 0.442 e. The second-order valence-electron chi connectivity index (χ2n) is 6.89. The van der Waals surface area contributed by atoms with Crippen molar-refractivity contribution in [2.24, 2.45) is 5.92 Å². The molecule has 1 aliphatic rings. The zero-order valence-corrected chi connectivity index (χ0v) is 16.0. The van der Waals surface area contributed by atoms with Gasteiger partial charge < -0.3 is 9.64 Å². The molecule has 1 heterocycles. The van der Waals surface area contributed by atoms with Gasteiger partial charge >= 0.3 is 6.09 Å². The molecule has 2 atom stereocenters. The molecule has 23 heavy (non-hydrogen) atoms. The standard InChI is InChI=1S/C19H26BrNO2/c1-13(2)12-19(14(3)4)10-11-21(18(22)23-19)15(5)16-6-8-17(20)9-7-16/h6-9,14-15H,1,10-12H2,2-5H3/t15-,19+/m0/s1. The van der Waals surface area contributed by atoms with Crippen molar-refractivity contribution >= 4 is 22.0 Å². The van der Waals surface area contributed by atoms with E-state index in [2.05, 4.69) is 36.4 Å². The third kappa shape index (κ3) is 3.97. The fourth-order valence-electron chi connectivity index (χ4n) is 3.20. The van der Waals surface area contributed by atoms with Crippen LogP contribution in [0.4, 0.5) is 4.79 Å². The lowest BCUT2D eigenvalue weighted by atomic mass is 9.80. The number of carbonyl (C=O) groups excluding carboxylic acids is 1. The molecule has 1 aromatic rings. The molecule has 0 radical (unpaired) electrons. The van der Waals surface area contributed by atoms with Gasteiger partial charge in [0.25, 0.3) is 0 Å². The number of nitrogens with zero attached hydrogens (tertiary/aromatic N) is 1. The summed E-state index contributed by atoms with van der Waals surface area (Å²) in [4.78, 5) is 14.5. The fourth-order valence-corrected chi connectivity index (χ4v) is 3.47. The van der Waals surface area contributed by atoms with Crippen molar-refractivity contribution in [3.63, 3.8) is 0 Å². The SMILES string of the molecule is C=C(C)C[C@@]1(C(C)C)CCN([C@@H](C)c2ccc(Br)cc2)C(=O)O1. The maximum Gasteiger partial charge on any atom is 0.410 e. The molecule has 4 heteroatoms. The summed E-state index contributed by atoms with van der Waals surface area (Å²) in [6.07, 6.45) is 1.35. The minimum absolute atomic E-state index is 0.00518. The first-order valence-electron chi connectivity index (χ1n) is 8.14. The van der Waals surface area contributed by atoms with E-state index in [1.165, 1.54) is 0 Å². The van der Waals surface area contributed by atoms with E-state index < -0.39 is 5.60 Å². The van der Waals surface area contributed by atoms with Gasteiger partial charge in [-0.05, 0) is 37.5 Å². The Labute approximate surface area is 147 Å². The van der Waals surface area contributed by atoms with Crippen LogP contribution >= 0.6 is 15.9 Å². The minimum Gasteiger partial charge on any atom is -0.442 e. The summed E-state index contributed by atoms with van der Waals surface area (Å²) in [6.45, 7) is 13.0. The van der Waals surface area contributed by atoms with Crippen LogP contribution in [0.2, 0.25) is 0 Å². The van der Waals surface area contributed by atoms with Crippen molar-refractivity contribution in [2.75, 3.05) is 6.54 Å². The minimum atomic E-state index is -0.418. The van der Waals surface area contributed by atoms with Gasteiger partial charge in [0.15, 0.2) is 0 Å². The van der Waals surface area contributed by atoms with Crippen LogP contribution in [0.3, 0.4) is 0 Å². The van der Waals surface area contributed by atoms with Crippen molar-refractivity contribution in [2.45, 2.75) is 52.2 Å². The summed E-state index contributed by atoms with van der Waals surface area (Å²) in [5.41, 5.74) is 1.75. The maximum atomic E-state index is 12.6. The number of ether oxygens (including phenoxy) is 1. The molecule has 0 saturated carbocycles. The molecule has 0 spiro atoms. The molecule has 0 unspecified atom stereocenters. The fraction of sp³-hybridized carbons (Fsp3) is 0.526. The monoisotopic (exact) mass is 379 g/mol. The normalized spacial score (nSPS) is 22.9. The van der Waals surface area contributed by atoms with Gasteiger partial charge in [-0.25, -0.2) is 4.79 Å². The average Bonchev–Trinajstić information content (AvgIpc) is 2.46. The Morgan fingerprint density at radius 3 is 2.43 bits per heavy atom. The summed E-state index contributed by atoms with van der Waals surface area (Å²) in [5, 5.41) is 0. The summed E-state index contributed by atoms with van der Waals surface area (Å²) in [6, 6.07) is 8.09. The highest BCUT2D eigenvalue weighted by molar-refractivity contribution is 9.10. The van der Waals surface area contributed by atoms with Crippen molar-refractivity contribution in [1.82, 2.24) is 4.90 Å². The van der Waals surface area contributed by atoms with E-state index in [1.807, 2.05) is 43.0 Å². The van der Waals surface area contributed by atoms with E-state index in [0.717, 1.165) is 28.5 Å². The van der Waals surface area contributed by atoms with Crippen LogP contribution in [-0.4, -0.2) is 23.1 Å². The average molecular weight is 380 g/mol. The summed E-state index contributed by atoms with van der Waals surface area (Å²) in [5.74, 6) is 0.272. The Hall–Kier alpha value is -1.29. The van der Waals surface area contributed by atoms with Crippen molar-refractivity contribution < 1.29 is 9.53 Å². The molecular weight excluding hydrogens is 354 g/mol. The van der Waals surface area contributed by atoms with Crippen LogP contribution in [0.5, 0.6) is 0 Å². The van der Waals surface area contributed by atoms with E-state index >= 15 is 0 Å². The molecule has 3 nitrogen and oxygen atoms in total. The second kappa shape index (κ2) is 7.08. The van der Waals surface area contributed by atoms with Crippen LogP contribution in [-0.2, 0) is 4.74 Å². The number of amides is 1. The van der Waals surface area contributed by atoms with Crippen molar-refractivity contribution in [1.29, 1.82) is 0 Å². The second-order valence-corrected chi connectivity index (χ2v) is 7.81. The molecule has 1 aromatic carbocycles. The van der Waals surface area contributed by atoms with Crippen LogP contribution in [0.1, 0.15) is 52.1 Å². The molecule has 126 valence electrons. The Balaban J connectivity index is 2.15. The van der Waals surface area contributed by atoms with E-state index in [-0.39, 0.29) is 18.1 Å². The number of cyclic esters (lactones) is 1. The van der Waals surface area contributed by atoms with Crippen molar-refractivity contribution in [3.05, 3.63) is 46.5 Å². The lowest BCUT2D eigenvalue weighted by Crippen LogP contribution is -2.52. The number of benzene rings is 1. The molecule has 0 aromatic heterocycles. The highest BCUT2D eigenvalue weighted by Gasteiger charge is 2.44. The first kappa shape index (κ1) is 18.1. The summed E-state index contributed by atoms with van der Waals surface area (Å²) in [7, 11) is 0. The van der Waals surface area contributed by atoms with E-state index in [0.29, 0.717) is 6.54 Å². The van der Waals surface area contributed by atoms with Gasteiger partial charge in [0.05, 0.1) is 6.04 Å². The van der Waals surface area contributed by atoms with Gasteiger partial charge in [0.1, 0.15) is 5.60 Å². The van der Waals surface area contributed by atoms with Crippen LogP contribution in [0, 0.1) is 5.92 Å². The number of halogens is 1. The Morgan fingerprint density at radius 2 is 1.96 bits per heavy atom. The molecule has 0 bridgehead atoms. The number of hydrogen-bond donors (Lipinski definition) is 0. The highest BCUT2D eigenvalue weighted by atomic mass is 79.9. The van der Waals surface area contributed by atoms with Crippen molar-refractivity contribution in [3.8, 4) is 0 Å². The topological polar surface area (TPSA) is 29.5 Å². The molecule has 0 aliphatic carbocycles. The third-order valence-corrected chi connectivity index (χ3v) is 5.30. The Morgan fingerprint density at radius 1 is 1.35 bits per heavy atom. The van der Waals surface area contributed by atoms with E-state index in [1.54, 1.807) is 0 Å². The molecule has 1 fully saturated rings. The van der Waals surface area contributed by atoms with Gasteiger partial charge in [-0.3, -0.25) is 0 Å². The summed E-state index contributed by atoms with van der Waals surface area (Å²) < 4.78 is 6.98. The first-order chi connectivity index (χ1) is 10.7. The predicted octanol–water partition coefficient (Wildman–Crippen LogP) is 5.71. The number of rotatable bonds is 5.